The molecule has 0 spiro atoms. The van der Waals surface area contributed by atoms with E-state index < -0.39 is 17.9 Å². The van der Waals surface area contributed by atoms with Gasteiger partial charge in [0.1, 0.15) is 0 Å². The highest BCUT2D eigenvalue weighted by Gasteiger charge is 2.38. The van der Waals surface area contributed by atoms with Crippen LogP contribution in [0.3, 0.4) is 0 Å². The lowest BCUT2D eigenvalue weighted by Gasteiger charge is -2.30. The summed E-state index contributed by atoms with van der Waals surface area (Å²) in [5.41, 5.74) is 3.49. The molecule has 7 heteroatoms. The summed E-state index contributed by atoms with van der Waals surface area (Å²) in [7, 11) is 1.34. The second-order valence-electron chi connectivity index (χ2n) is 8.01. The molecule has 0 bridgehead atoms. The number of rotatable bonds is 6. The molecule has 2 aliphatic heterocycles. The summed E-state index contributed by atoms with van der Waals surface area (Å²) >= 11 is 3.48. The van der Waals surface area contributed by atoms with Gasteiger partial charge in [0.2, 0.25) is 0 Å². The van der Waals surface area contributed by atoms with Crippen molar-refractivity contribution in [2.75, 3.05) is 13.7 Å². The highest BCUT2D eigenvalue weighted by atomic mass is 79.9. The summed E-state index contributed by atoms with van der Waals surface area (Å²) in [5.74, 6) is -1.54. The Hall–Kier alpha value is -2.67. The quantitative estimate of drug-likeness (QED) is 0.595. The van der Waals surface area contributed by atoms with Crippen LogP contribution in [0.4, 0.5) is 0 Å². The Morgan fingerprint density at radius 2 is 1.84 bits per heavy atom. The Labute approximate surface area is 191 Å². The lowest BCUT2D eigenvalue weighted by atomic mass is 9.80. The maximum absolute atomic E-state index is 13.2. The van der Waals surface area contributed by atoms with Gasteiger partial charge in [-0.05, 0) is 51.5 Å². The van der Waals surface area contributed by atoms with Gasteiger partial charge in [-0.1, -0.05) is 34.1 Å². The average molecular weight is 487 g/mol. The third-order valence-corrected chi connectivity index (χ3v) is 6.02. The number of methoxy groups -OCH3 is 1. The van der Waals surface area contributed by atoms with Crippen molar-refractivity contribution >= 4 is 33.6 Å². The lowest BCUT2D eigenvalue weighted by Crippen LogP contribution is -2.32. The van der Waals surface area contributed by atoms with Crippen LogP contribution in [-0.4, -0.2) is 36.9 Å². The Kier molecular flexibility index (Phi) is 6.84. The monoisotopic (exact) mass is 486 g/mol. The van der Waals surface area contributed by atoms with E-state index in [-0.39, 0.29) is 12.1 Å². The van der Waals surface area contributed by atoms with E-state index in [1.807, 2.05) is 57.2 Å². The van der Waals surface area contributed by atoms with Crippen molar-refractivity contribution in [2.24, 2.45) is 4.99 Å². The number of carbonyl (C=O) groups excluding carboxylic acids is 2. The standard InChI is InChI=1S/C24H27BrN2O4/c1-14-9-10-24(4,27-14)11-12-31-23(29)20-16(3)26-15(2)19(22(28)30-5)21(20)17-7-6-8-18(25)13-17/h6-10,13,21,26H,11-12H2,1-5H3. The number of esters is 2. The van der Waals surface area contributed by atoms with E-state index in [0.717, 1.165) is 15.7 Å². The fourth-order valence-electron chi connectivity index (χ4n) is 4.01. The van der Waals surface area contributed by atoms with Crippen LogP contribution in [0, 0.1) is 0 Å². The number of hydrogen-bond acceptors (Lipinski definition) is 6. The minimum atomic E-state index is -0.596. The molecule has 164 valence electrons. The first-order valence-corrected chi connectivity index (χ1v) is 10.9. The van der Waals surface area contributed by atoms with Crippen molar-refractivity contribution in [3.63, 3.8) is 0 Å². The van der Waals surface area contributed by atoms with E-state index in [1.165, 1.54) is 7.11 Å². The molecule has 2 unspecified atom stereocenters. The fourth-order valence-corrected chi connectivity index (χ4v) is 4.43. The Balaban J connectivity index is 1.90. The van der Waals surface area contributed by atoms with Gasteiger partial charge in [-0.3, -0.25) is 4.99 Å². The first-order chi connectivity index (χ1) is 14.6. The van der Waals surface area contributed by atoms with Gasteiger partial charge in [0.25, 0.3) is 0 Å². The third kappa shape index (κ3) is 4.98. The molecule has 2 atom stereocenters. The minimum absolute atomic E-state index is 0.217. The van der Waals surface area contributed by atoms with E-state index in [0.29, 0.717) is 29.0 Å². The van der Waals surface area contributed by atoms with Crippen LogP contribution in [0.5, 0.6) is 0 Å². The molecule has 0 aromatic heterocycles. The molecule has 31 heavy (non-hydrogen) atoms. The van der Waals surface area contributed by atoms with Crippen molar-refractivity contribution < 1.29 is 19.1 Å². The lowest BCUT2D eigenvalue weighted by molar-refractivity contribution is -0.139. The molecule has 0 radical (unpaired) electrons. The average Bonchev–Trinajstić information content (AvgIpc) is 3.05. The van der Waals surface area contributed by atoms with Crippen molar-refractivity contribution in [3.8, 4) is 0 Å². The SMILES string of the molecule is COC(=O)C1=C(C)NC(C)=C(C(=O)OCCC2(C)C=CC(C)=N2)C1c1cccc(Br)c1. The Morgan fingerprint density at radius 3 is 2.42 bits per heavy atom. The minimum Gasteiger partial charge on any atom is -0.466 e. The zero-order chi connectivity index (χ0) is 22.8. The van der Waals surface area contributed by atoms with E-state index >= 15 is 0 Å². The number of ether oxygens (including phenoxy) is 2. The fraction of sp³-hybridized carbons (Fsp3) is 0.375. The molecule has 1 aromatic rings. The summed E-state index contributed by atoms with van der Waals surface area (Å²) in [5, 5.41) is 3.15. The number of carbonyl (C=O) groups is 2. The molecule has 0 amide bonds. The van der Waals surface area contributed by atoms with E-state index in [4.69, 9.17) is 9.47 Å². The molecule has 1 aromatic carbocycles. The van der Waals surface area contributed by atoms with Gasteiger partial charge in [0, 0.05) is 28.0 Å². The van der Waals surface area contributed by atoms with Crippen molar-refractivity contribution in [1.29, 1.82) is 0 Å². The molecule has 2 heterocycles. The number of nitrogens with zero attached hydrogens (tertiary/aromatic N) is 1. The molecule has 3 rings (SSSR count). The van der Waals surface area contributed by atoms with Crippen LogP contribution in [0.15, 0.2) is 68.4 Å². The van der Waals surface area contributed by atoms with Gasteiger partial charge < -0.3 is 14.8 Å². The van der Waals surface area contributed by atoms with Gasteiger partial charge in [-0.2, -0.15) is 0 Å². The molecular formula is C24H27BrN2O4. The number of halogens is 1. The summed E-state index contributed by atoms with van der Waals surface area (Å²) in [6.45, 7) is 7.78. The first kappa shape index (κ1) is 23.0. The zero-order valence-corrected chi connectivity index (χ0v) is 20.0. The predicted octanol–water partition coefficient (Wildman–Crippen LogP) is 4.58. The summed E-state index contributed by atoms with van der Waals surface area (Å²) in [6.07, 6.45) is 4.57. The summed E-state index contributed by atoms with van der Waals surface area (Å²) in [4.78, 5) is 30.5. The Morgan fingerprint density at radius 1 is 1.16 bits per heavy atom. The van der Waals surface area contributed by atoms with Gasteiger partial charge in [0.05, 0.1) is 36.3 Å². The molecule has 2 aliphatic rings. The Bertz CT molecular complexity index is 1040. The largest absolute Gasteiger partial charge is 0.466 e. The normalized spacial score (nSPS) is 22.9. The van der Waals surface area contributed by atoms with E-state index in [2.05, 4.69) is 26.2 Å². The van der Waals surface area contributed by atoms with Crippen molar-refractivity contribution in [2.45, 2.75) is 45.6 Å². The number of hydrogen-bond donors (Lipinski definition) is 1. The van der Waals surface area contributed by atoms with Gasteiger partial charge in [-0.15, -0.1) is 0 Å². The van der Waals surface area contributed by atoms with Gasteiger partial charge in [0.15, 0.2) is 0 Å². The highest BCUT2D eigenvalue weighted by Crippen LogP contribution is 2.40. The molecule has 0 fully saturated rings. The van der Waals surface area contributed by atoms with Crippen LogP contribution >= 0.6 is 15.9 Å². The van der Waals surface area contributed by atoms with Crippen LogP contribution in [0.25, 0.3) is 0 Å². The van der Waals surface area contributed by atoms with Gasteiger partial charge in [-0.25, -0.2) is 9.59 Å². The number of aliphatic imine (C=N–C) groups is 1. The molecule has 0 saturated carbocycles. The van der Waals surface area contributed by atoms with Crippen molar-refractivity contribution in [3.05, 3.63) is 69.0 Å². The third-order valence-electron chi connectivity index (χ3n) is 5.52. The molecule has 0 saturated heterocycles. The number of benzene rings is 1. The topological polar surface area (TPSA) is 77.0 Å². The summed E-state index contributed by atoms with van der Waals surface area (Å²) in [6, 6.07) is 7.55. The highest BCUT2D eigenvalue weighted by molar-refractivity contribution is 9.10. The van der Waals surface area contributed by atoms with E-state index in [1.54, 1.807) is 6.92 Å². The van der Waals surface area contributed by atoms with Crippen molar-refractivity contribution in [1.82, 2.24) is 5.32 Å². The maximum Gasteiger partial charge on any atom is 0.336 e. The van der Waals surface area contributed by atoms with Crippen LogP contribution in [0.1, 0.15) is 45.6 Å². The second-order valence-corrected chi connectivity index (χ2v) is 8.93. The molecular weight excluding hydrogens is 460 g/mol. The van der Waals surface area contributed by atoms with E-state index in [9.17, 15) is 9.59 Å². The van der Waals surface area contributed by atoms with Crippen LogP contribution < -0.4 is 5.32 Å². The zero-order valence-electron chi connectivity index (χ0n) is 18.4. The second kappa shape index (κ2) is 9.22. The number of allylic oxidation sites excluding steroid dienone is 3. The molecule has 0 aliphatic carbocycles. The maximum atomic E-state index is 13.2. The molecule has 6 nitrogen and oxygen atoms in total. The summed E-state index contributed by atoms with van der Waals surface area (Å²) < 4.78 is 11.6. The number of nitrogens with one attached hydrogen (secondary N) is 1. The first-order valence-electron chi connectivity index (χ1n) is 10.1. The van der Waals surface area contributed by atoms with Crippen LogP contribution in [-0.2, 0) is 19.1 Å². The number of dihydropyridines is 1. The predicted molar refractivity (Wildman–Crippen MR) is 124 cm³/mol. The smallest absolute Gasteiger partial charge is 0.336 e. The molecule has 1 N–H and O–H groups in total. The van der Waals surface area contributed by atoms with Crippen LogP contribution in [0.2, 0.25) is 0 Å². The van der Waals surface area contributed by atoms with Gasteiger partial charge >= 0.3 is 11.9 Å².